The Kier molecular flexibility index (Phi) is 7.82. The molecule has 1 heterocycles. The first-order valence-electron chi connectivity index (χ1n) is 11.3. The van der Waals surface area contributed by atoms with Gasteiger partial charge < -0.3 is 24.6 Å². The molecular formula is C26H22N4O8. The number of carbonyl (C=O) groups excluding carboxylic acids is 2. The van der Waals surface area contributed by atoms with Crippen LogP contribution in [0.1, 0.15) is 28.4 Å². The van der Waals surface area contributed by atoms with E-state index in [4.69, 9.17) is 14.2 Å². The van der Waals surface area contributed by atoms with Gasteiger partial charge in [-0.05, 0) is 42.8 Å². The summed E-state index contributed by atoms with van der Waals surface area (Å²) in [4.78, 5) is 36.4. The van der Waals surface area contributed by atoms with E-state index >= 15 is 0 Å². The van der Waals surface area contributed by atoms with Crippen LogP contribution in [0.5, 0.6) is 23.0 Å². The van der Waals surface area contributed by atoms with Gasteiger partial charge in [-0.25, -0.2) is 5.43 Å². The number of nitrogens with one attached hydrogen (secondary N) is 2. The van der Waals surface area contributed by atoms with Crippen molar-refractivity contribution in [1.82, 2.24) is 10.7 Å². The number of nitrogens with zero attached hydrogens (tertiary/aromatic N) is 2. The second-order valence-electron chi connectivity index (χ2n) is 7.76. The Bertz CT molecular complexity index is 1440. The van der Waals surface area contributed by atoms with E-state index < -0.39 is 16.7 Å². The fraction of sp³-hybridized carbons (Fsp3) is 0.115. The van der Waals surface area contributed by atoms with Gasteiger partial charge in [0.15, 0.2) is 23.0 Å². The van der Waals surface area contributed by atoms with Crippen LogP contribution in [-0.2, 0) is 4.79 Å². The van der Waals surface area contributed by atoms with Crippen LogP contribution in [-0.4, -0.2) is 41.5 Å². The molecule has 0 bridgehead atoms. The van der Waals surface area contributed by atoms with E-state index in [1.54, 1.807) is 55.5 Å². The Labute approximate surface area is 216 Å². The van der Waals surface area contributed by atoms with Crippen LogP contribution in [0.25, 0.3) is 6.08 Å². The zero-order valence-electron chi connectivity index (χ0n) is 20.0. The molecule has 0 fully saturated rings. The van der Waals surface area contributed by atoms with Gasteiger partial charge in [0.1, 0.15) is 5.70 Å². The van der Waals surface area contributed by atoms with Gasteiger partial charge in [-0.1, -0.05) is 24.3 Å². The lowest BCUT2D eigenvalue weighted by Crippen LogP contribution is -2.32. The zero-order valence-corrected chi connectivity index (χ0v) is 20.0. The monoisotopic (exact) mass is 518 g/mol. The van der Waals surface area contributed by atoms with Crippen molar-refractivity contribution in [2.45, 2.75) is 6.92 Å². The second kappa shape index (κ2) is 11.6. The smallest absolute Gasteiger partial charge is 0.287 e. The molecule has 0 aromatic heterocycles. The van der Waals surface area contributed by atoms with E-state index in [1.807, 2.05) is 0 Å². The lowest BCUT2D eigenvalue weighted by molar-refractivity contribution is -0.385. The highest BCUT2D eigenvalue weighted by Gasteiger charge is 2.18. The SMILES string of the molecule is CCOc1cc([N+](=O)[O-])cc(/C=N\NC(=O)/C(=C\c2ccc3c(c2)OCO3)NC(=O)c2ccccc2)c1O. The number of fused-ring (bicyclic) bond motifs is 1. The summed E-state index contributed by atoms with van der Waals surface area (Å²) in [6.45, 7) is 1.89. The number of benzene rings is 3. The largest absolute Gasteiger partial charge is 0.504 e. The summed E-state index contributed by atoms with van der Waals surface area (Å²) in [5, 5.41) is 28.0. The molecule has 4 rings (SSSR count). The van der Waals surface area contributed by atoms with Crippen LogP contribution in [0.15, 0.2) is 71.5 Å². The molecule has 3 aromatic rings. The summed E-state index contributed by atoms with van der Waals surface area (Å²) in [7, 11) is 0. The van der Waals surface area contributed by atoms with E-state index in [1.165, 1.54) is 6.08 Å². The Balaban J connectivity index is 1.59. The van der Waals surface area contributed by atoms with Crippen molar-refractivity contribution in [3.05, 3.63) is 93.2 Å². The highest BCUT2D eigenvalue weighted by atomic mass is 16.7. The first-order chi connectivity index (χ1) is 18.4. The number of rotatable bonds is 9. The molecule has 194 valence electrons. The predicted molar refractivity (Wildman–Crippen MR) is 136 cm³/mol. The molecule has 0 spiro atoms. The Morgan fingerprint density at radius 1 is 1.13 bits per heavy atom. The highest BCUT2D eigenvalue weighted by molar-refractivity contribution is 6.05. The molecule has 38 heavy (non-hydrogen) atoms. The van der Waals surface area contributed by atoms with Gasteiger partial charge >= 0.3 is 0 Å². The predicted octanol–water partition coefficient (Wildman–Crippen LogP) is 3.35. The van der Waals surface area contributed by atoms with E-state index in [0.29, 0.717) is 22.6 Å². The number of ether oxygens (including phenoxy) is 3. The van der Waals surface area contributed by atoms with Crippen molar-refractivity contribution < 1.29 is 33.8 Å². The third kappa shape index (κ3) is 6.05. The number of hydrogen-bond donors (Lipinski definition) is 3. The van der Waals surface area contributed by atoms with Crippen molar-refractivity contribution >= 4 is 29.8 Å². The van der Waals surface area contributed by atoms with Gasteiger partial charge in [0.25, 0.3) is 17.5 Å². The van der Waals surface area contributed by atoms with Gasteiger partial charge in [-0.2, -0.15) is 5.10 Å². The zero-order chi connectivity index (χ0) is 27.1. The maximum Gasteiger partial charge on any atom is 0.287 e. The fourth-order valence-corrected chi connectivity index (χ4v) is 3.42. The average molecular weight is 518 g/mol. The third-order valence-electron chi connectivity index (χ3n) is 5.21. The number of hydrazone groups is 1. The Morgan fingerprint density at radius 2 is 1.89 bits per heavy atom. The number of carbonyl (C=O) groups is 2. The Hall–Kier alpha value is -5.39. The van der Waals surface area contributed by atoms with Crippen molar-refractivity contribution in [3.8, 4) is 23.0 Å². The summed E-state index contributed by atoms with van der Waals surface area (Å²) in [5.74, 6) is -0.782. The highest BCUT2D eigenvalue weighted by Crippen LogP contribution is 2.34. The van der Waals surface area contributed by atoms with E-state index in [2.05, 4.69) is 15.8 Å². The molecule has 3 aromatic carbocycles. The number of nitro benzene ring substituents is 1. The van der Waals surface area contributed by atoms with Crippen LogP contribution in [0.3, 0.4) is 0 Å². The van der Waals surface area contributed by atoms with Gasteiger partial charge in [0.05, 0.1) is 23.8 Å². The minimum absolute atomic E-state index is 0.0578. The van der Waals surface area contributed by atoms with Crippen LogP contribution >= 0.6 is 0 Å². The Morgan fingerprint density at radius 3 is 2.63 bits per heavy atom. The molecule has 2 amide bonds. The summed E-state index contributed by atoms with van der Waals surface area (Å²) in [5.41, 5.74) is 2.58. The topological polar surface area (TPSA) is 162 Å². The van der Waals surface area contributed by atoms with Gasteiger partial charge in [0.2, 0.25) is 6.79 Å². The molecule has 0 unspecified atom stereocenters. The normalized spacial score (nSPS) is 12.3. The first kappa shape index (κ1) is 25.7. The average Bonchev–Trinajstić information content (AvgIpc) is 3.38. The van der Waals surface area contributed by atoms with Crippen molar-refractivity contribution in [1.29, 1.82) is 0 Å². The van der Waals surface area contributed by atoms with Crippen LogP contribution < -0.4 is 25.0 Å². The lowest BCUT2D eigenvalue weighted by Gasteiger charge is -2.10. The molecule has 1 aliphatic heterocycles. The number of aromatic hydroxyl groups is 1. The number of amides is 2. The standard InChI is InChI=1S/C26H22N4O8/c1-2-36-23-13-19(30(34)35)12-18(24(23)31)14-27-29-26(33)20(28-25(32)17-6-4-3-5-7-17)10-16-8-9-21-22(11-16)38-15-37-21/h3-14,31H,2,15H2,1H3,(H,28,32)(H,29,33)/b20-10+,27-14-. The number of phenols is 1. The number of phenolic OH excluding ortho intramolecular Hbond substituents is 1. The van der Waals surface area contributed by atoms with E-state index in [0.717, 1.165) is 18.3 Å². The molecule has 12 nitrogen and oxygen atoms in total. The summed E-state index contributed by atoms with van der Waals surface area (Å²) < 4.78 is 15.9. The van der Waals surface area contributed by atoms with Crippen molar-refractivity contribution in [2.75, 3.05) is 13.4 Å². The minimum Gasteiger partial charge on any atom is -0.504 e. The quantitative estimate of drug-likeness (QED) is 0.168. The fourth-order valence-electron chi connectivity index (χ4n) is 3.42. The molecule has 3 N–H and O–H groups in total. The summed E-state index contributed by atoms with van der Waals surface area (Å²) >= 11 is 0. The molecular weight excluding hydrogens is 496 g/mol. The summed E-state index contributed by atoms with van der Waals surface area (Å²) in [6.07, 6.45) is 2.45. The minimum atomic E-state index is -0.793. The van der Waals surface area contributed by atoms with E-state index in [9.17, 15) is 24.8 Å². The van der Waals surface area contributed by atoms with Crippen molar-refractivity contribution in [2.24, 2.45) is 5.10 Å². The molecule has 0 saturated carbocycles. The van der Waals surface area contributed by atoms with Gasteiger partial charge in [-0.3, -0.25) is 19.7 Å². The maximum atomic E-state index is 13.0. The van der Waals surface area contributed by atoms with Gasteiger partial charge in [0, 0.05) is 17.2 Å². The van der Waals surface area contributed by atoms with Gasteiger partial charge in [-0.15, -0.1) is 0 Å². The second-order valence-corrected chi connectivity index (χ2v) is 7.76. The molecule has 1 aliphatic rings. The number of nitro groups is 1. The van der Waals surface area contributed by atoms with Crippen LogP contribution in [0.4, 0.5) is 5.69 Å². The molecule has 12 heteroatoms. The maximum absolute atomic E-state index is 13.0. The number of hydrogen-bond acceptors (Lipinski definition) is 9. The lowest BCUT2D eigenvalue weighted by atomic mass is 10.1. The molecule has 0 aliphatic carbocycles. The first-order valence-corrected chi connectivity index (χ1v) is 11.3. The third-order valence-corrected chi connectivity index (χ3v) is 5.21. The molecule has 0 saturated heterocycles. The summed E-state index contributed by atoms with van der Waals surface area (Å²) in [6, 6.07) is 15.4. The molecule has 0 radical (unpaired) electrons. The van der Waals surface area contributed by atoms with Crippen LogP contribution in [0, 0.1) is 10.1 Å². The molecule has 0 atom stereocenters. The van der Waals surface area contributed by atoms with Crippen molar-refractivity contribution in [3.63, 3.8) is 0 Å². The number of non-ortho nitro benzene ring substituents is 1. The van der Waals surface area contributed by atoms with Crippen LogP contribution in [0.2, 0.25) is 0 Å². The van der Waals surface area contributed by atoms with E-state index in [-0.39, 0.29) is 41.8 Å².